The van der Waals surface area contributed by atoms with Gasteiger partial charge < -0.3 is 42.7 Å². The molecule has 0 bridgehead atoms. The van der Waals surface area contributed by atoms with Gasteiger partial charge in [0.25, 0.3) is 0 Å². The van der Waals surface area contributed by atoms with Crippen LogP contribution in [0.1, 0.15) is 39.0 Å². The summed E-state index contributed by atoms with van der Waals surface area (Å²) in [6, 6.07) is -4.86. The van der Waals surface area contributed by atoms with Crippen molar-refractivity contribution in [1.82, 2.24) is 16.0 Å². The van der Waals surface area contributed by atoms with Crippen molar-refractivity contribution in [2.24, 2.45) is 11.5 Å². The number of carboxylic acids is 2. The minimum Gasteiger partial charge on any atom is -0.481 e. The SMILES string of the molecule is CC(NC(=O)C(N)CCC(=O)O)C(=O)NC(CCCCN)C(=O)NC(CO)C(=O)O. The topological polar surface area (TPSA) is 234 Å². The van der Waals surface area contributed by atoms with Crippen LogP contribution in [0.3, 0.4) is 0 Å². The number of aliphatic carboxylic acids is 2. The van der Waals surface area contributed by atoms with Gasteiger partial charge in [-0.2, -0.15) is 0 Å². The molecule has 4 atom stereocenters. The summed E-state index contributed by atoms with van der Waals surface area (Å²) in [5.41, 5.74) is 11.0. The van der Waals surface area contributed by atoms with Crippen molar-refractivity contribution in [3.63, 3.8) is 0 Å². The van der Waals surface area contributed by atoms with Crippen LogP contribution in [0.2, 0.25) is 0 Å². The Morgan fingerprint density at radius 1 is 0.867 bits per heavy atom. The number of rotatable bonds is 15. The van der Waals surface area contributed by atoms with Gasteiger partial charge in [-0.25, -0.2) is 4.79 Å². The second-order valence-electron chi connectivity index (χ2n) is 6.70. The molecule has 0 aliphatic carbocycles. The first kappa shape index (κ1) is 27.2. The van der Waals surface area contributed by atoms with E-state index in [1.807, 2.05) is 0 Å². The van der Waals surface area contributed by atoms with Crippen LogP contribution in [0.25, 0.3) is 0 Å². The second-order valence-corrected chi connectivity index (χ2v) is 6.70. The van der Waals surface area contributed by atoms with Crippen LogP contribution in [0, 0.1) is 0 Å². The molecule has 0 aromatic heterocycles. The first-order valence-corrected chi connectivity index (χ1v) is 9.45. The maximum Gasteiger partial charge on any atom is 0.328 e. The van der Waals surface area contributed by atoms with E-state index >= 15 is 0 Å². The lowest BCUT2D eigenvalue weighted by molar-refractivity contribution is -0.143. The van der Waals surface area contributed by atoms with Gasteiger partial charge in [-0.15, -0.1) is 0 Å². The smallest absolute Gasteiger partial charge is 0.328 e. The lowest BCUT2D eigenvalue weighted by Gasteiger charge is -2.23. The molecule has 0 saturated carbocycles. The van der Waals surface area contributed by atoms with Crippen molar-refractivity contribution in [2.45, 2.75) is 63.2 Å². The van der Waals surface area contributed by atoms with Crippen LogP contribution < -0.4 is 27.4 Å². The number of carbonyl (C=O) groups is 5. The molecule has 172 valence electrons. The molecule has 4 unspecified atom stereocenters. The zero-order valence-electron chi connectivity index (χ0n) is 16.8. The Bertz CT molecular complexity index is 615. The average Bonchev–Trinajstić information content (AvgIpc) is 2.68. The molecular weight excluding hydrogens is 402 g/mol. The largest absolute Gasteiger partial charge is 0.481 e. The average molecular weight is 433 g/mol. The summed E-state index contributed by atoms with van der Waals surface area (Å²) in [5.74, 6) is -4.81. The molecule has 0 heterocycles. The van der Waals surface area contributed by atoms with E-state index in [-0.39, 0.29) is 19.3 Å². The van der Waals surface area contributed by atoms with E-state index in [0.717, 1.165) is 0 Å². The lowest BCUT2D eigenvalue weighted by atomic mass is 10.1. The zero-order valence-corrected chi connectivity index (χ0v) is 16.8. The third kappa shape index (κ3) is 10.7. The molecule has 10 N–H and O–H groups in total. The molecule has 13 heteroatoms. The number of unbranched alkanes of at least 4 members (excludes halogenated alkanes) is 1. The number of aliphatic hydroxyl groups excluding tert-OH is 1. The number of hydrogen-bond donors (Lipinski definition) is 8. The molecule has 0 radical (unpaired) electrons. The number of carboxylic acid groups (broad SMARTS) is 2. The van der Waals surface area contributed by atoms with Crippen LogP contribution >= 0.6 is 0 Å². The third-order valence-electron chi connectivity index (χ3n) is 4.14. The monoisotopic (exact) mass is 433 g/mol. The van der Waals surface area contributed by atoms with E-state index in [0.29, 0.717) is 19.4 Å². The molecule has 0 spiro atoms. The van der Waals surface area contributed by atoms with Crippen LogP contribution in [-0.2, 0) is 24.0 Å². The van der Waals surface area contributed by atoms with Crippen molar-refractivity contribution < 1.29 is 39.3 Å². The molecule has 0 aliphatic heterocycles. The molecule has 3 amide bonds. The fraction of sp³-hybridized carbons (Fsp3) is 0.706. The van der Waals surface area contributed by atoms with Crippen molar-refractivity contribution >= 4 is 29.7 Å². The Balaban J connectivity index is 4.95. The maximum atomic E-state index is 12.4. The van der Waals surface area contributed by atoms with Crippen LogP contribution in [-0.4, -0.2) is 82.3 Å². The summed E-state index contributed by atoms with van der Waals surface area (Å²) >= 11 is 0. The first-order chi connectivity index (χ1) is 14.0. The summed E-state index contributed by atoms with van der Waals surface area (Å²) in [6.45, 7) is 0.877. The van der Waals surface area contributed by atoms with Crippen molar-refractivity contribution in [2.75, 3.05) is 13.2 Å². The standard InChI is InChI=1S/C17H31N5O8/c1-9(20-15(27)10(19)5-6-13(24)25)14(26)21-11(4-2-3-7-18)16(28)22-12(8-23)17(29)30/h9-12,23H,2-8,18-19H2,1H3,(H,20,27)(H,21,26)(H,22,28)(H,24,25)(H,29,30). The predicted molar refractivity (Wildman–Crippen MR) is 104 cm³/mol. The summed E-state index contributed by atoms with van der Waals surface area (Å²) in [4.78, 5) is 58.2. The molecule has 30 heavy (non-hydrogen) atoms. The van der Waals surface area contributed by atoms with Gasteiger partial charge in [0.15, 0.2) is 0 Å². The Kier molecular flexibility index (Phi) is 12.9. The van der Waals surface area contributed by atoms with Gasteiger partial charge in [-0.1, -0.05) is 0 Å². The third-order valence-corrected chi connectivity index (χ3v) is 4.14. The van der Waals surface area contributed by atoms with Crippen molar-refractivity contribution in [3.8, 4) is 0 Å². The van der Waals surface area contributed by atoms with E-state index in [4.69, 9.17) is 26.8 Å². The van der Waals surface area contributed by atoms with Gasteiger partial charge in [0.1, 0.15) is 18.1 Å². The highest BCUT2D eigenvalue weighted by Crippen LogP contribution is 2.03. The quantitative estimate of drug-likeness (QED) is 0.121. The van der Waals surface area contributed by atoms with E-state index < -0.39 is 60.4 Å². The molecule has 13 nitrogen and oxygen atoms in total. The molecular formula is C17H31N5O8. The number of nitrogens with one attached hydrogen (secondary N) is 3. The number of aliphatic hydroxyl groups is 1. The molecule has 0 fully saturated rings. The minimum atomic E-state index is -1.53. The minimum absolute atomic E-state index is 0.114. The molecule has 0 aromatic rings. The van der Waals surface area contributed by atoms with E-state index in [2.05, 4.69) is 16.0 Å². The fourth-order valence-corrected chi connectivity index (χ4v) is 2.31. The number of nitrogens with two attached hydrogens (primary N) is 2. The van der Waals surface area contributed by atoms with Crippen molar-refractivity contribution in [1.29, 1.82) is 0 Å². The van der Waals surface area contributed by atoms with Gasteiger partial charge >= 0.3 is 11.9 Å². The maximum absolute atomic E-state index is 12.4. The lowest BCUT2D eigenvalue weighted by Crippen LogP contribution is -2.56. The van der Waals surface area contributed by atoms with E-state index in [9.17, 15) is 24.0 Å². The van der Waals surface area contributed by atoms with Crippen LogP contribution in [0.4, 0.5) is 0 Å². The molecule has 0 saturated heterocycles. The second kappa shape index (κ2) is 14.3. The summed E-state index contributed by atoms with van der Waals surface area (Å²) in [7, 11) is 0. The van der Waals surface area contributed by atoms with Crippen LogP contribution in [0.5, 0.6) is 0 Å². The molecule has 0 aliphatic rings. The van der Waals surface area contributed by atoms with Gasteiger partial charge in [0, 0.05) is 6.42 Å². The summed E-state index contributed by atoms with van der Waals surface area (Å²) in [6.07, 6.45) is 0.760. The van der Waals surface area contributed by atoms with Crippen LogP contribution in [0.15, 0.2) is 0 Å². The summed E-state index contributed by atoms with van der Waals surface area (Å²) < 4.78 is 0. The van der Waals surface area contributed by atoms with Gasteiger partial charge in [0.05, 0.1) is 12.6 Å². The number of amides is 3. The highest BCUT2D eigenvalue weighted by atomic mass is 16.4. The van der Waals surface area contributed by atoms with E-state index in [1.54, 1.807) is 0 Å². The highest BCUT2D eigenvalue weighted by molar-refractivity contribution is 5.93. The van der Waals surface area contributed by atoms with Gasteiger partial charge in [-0.05, 0) is 39.2 Å². The first-order valence-electron chi connectivity index (χ1n) is 9.45. The number of carbonyl (C=O) groups excluding carboxylic acids is 3. The Labute approximate surface area is 173 Å². The summed E-state index contributed by atoms with van der Waals surface area (Å²) in [5, 5.41) is 33.5. The Hall–Kier alpha value is -2.77. The predicted octanol–water partition coefficient (Wildman–Crippen LogP) is -3.14. The molecule has 0 aromatic carbocycles. The van der Waals surface area contributed by atoms with Gasteiger partial charge in [-0.3, -0.25) is 19.2 Å². The Morgan fingerprint density at radius 2 is 1.47 bits per heavy atom. The highest BCUT2D eigenvalue weighted by Gasteiger charge is 2.28. The number of hydrogen-bond acceptors (Lipinski definition) is 8. The fourth-order valence-electron chi connectivity index (χ4n) is 2.31. The van der Waals surface area contributed by atoms with Crippen molar-refractivity contribution in [3.05, 3.63) is 0 Å². The van der Waals surface area contributed by atoms with Gasteiger partial charge in [0.2, 0.25) is 17.7 Å². The van der Waals surface area contributed by atoms with E-state index in [1.165, 1.54) is 6.92 Å². The normalized spacial score (nSPS) is 14.7. The zero-order chi connectivity index (χ0) is 23.3. The molecule has 0 rings (SSSR count). The Morgan fingerprint density at radius 3 is 1.97 bits per heavy atom.